The number of nitrogens with zero attached hydrogens (tertiary/aromatic N) is 1. The highest BCUT2D eigenvalue weighted by molar-refractivity contribution is 7.12. The molecule has 0 fully saturated rings. The van der Waals surface area contributed by atoms with Crippen molar-refractivity contribution in [2.75, 3.05) is 12.4 Å². The van der Waals surface area contributed by atoms with Crippen LogP contribution in [0.2, 0.25) is 0 Å². The van der Waals surface area contributed by atoms with Crippen LogP contribution in [0.25, 0.3) is 0 Å². The van der Waals surface area contributed by atoms with Crippen LogP contribution in [0.5, 0.6) is 0 Å². The van der Waals surface area contributed by atoms with Gasteiger partial charge in [0, 0.05) is 16.3 Å². The molecule has 2 aromatic rings. The number of rotatable bonds is 5. The number of thiophene rings is 1. The Morgan fingerprint density at radius 1 is 1.37 bits per heavy atom. The lowest BCUT2D eigenvalue weighted by atomic mass is 10.3. The Bertz CT molecular complexity index is 554. The number of carbonyl (C=O) groups excluding carboxylic acids is 1. The summed E-state index contributed by atoms with van der Waals surface area (Å²) >= 11 is 1.54. The van der Waals surface area contributed by atoms with E-state index in [1.165, 1.54) is 19.4 Å². The smallest absolute Gasteiger partial charge is 0.310 e. The maximum Gasteiger partial charge on any atom is 0.310 e. The van der Waals surface area contributed by atoms with Crippen molar-refractivity contribution in [2.24, 2.45) is 0 Å². The maximum atomic E-state index is 12.6. The fourth-order valence-electron chi connectivity index (χ4n) is 1.50. The second kappa shape index (κ2) is 6.29. The summed E-state index contributed by atoms with van der Waals surface area (Å²) in [4.78, 5) is 16.7. The Morgan fingerprint density at radius 3 is 2.84 bits per heavy atom. The molecule has 0 unspecified atom stereocenters. The van der Waals surface area contributed by atoms with E-state index in [-0.39, 0.29) is 5.97 Å². The molecule has 0 atom stereocenters. The zero-order chi connectivity index (χ0) is 13.7. The Kier molecular flexibility index (Phi) is 4.46. The number of halogens is 1. The van der Waals surface area contributed by atoms with Crippen molar-refractivity contribution < 1.29 is 13.9 Å². The fourth-order valence-corrected chi connectivity index (χ4v) is 2.44. The summed E-state index contributed by atoms with van der Waals surface area (Å²) < 4.78 is 17.2. The lowest BCUT2D eigenvalue weighted by Gasteiger charge is -2.03. The molecular weight excluding hydrogens is 267 g/mol. The summed E-state index contributed by atoms with van der Waals surface area (Å²) in [6, 6.07) is 6.79. The molecule has 4 nitrogen and oxygen atoms in total. The van der Waals surface area contributed by atoms with Gasteiger partial charge in [-0.2, -0.15) is 4.39 Å². The number of ether oxygens (including phenoxy) is 1. The van der Waals surface area contributed by atoms with Gasteiger partial charge in [0.15, 0.2) is 0 Å². The summed E-state index contributed by atoms with van der Waals surface area (Å²) in [6.45, 7) is 0.610. The van der Waals surface area contributed by atoms with Crippen molar-refractivity contribution in [3.8, 4) is 0 Å². The highest BCUT2D eigenvalue weighted by Crippen LogP contribution is 2.18. The molecule has 0 aliphatic heterocycles. The van der Waals surface area contributed by atoms with Crippen molar-refractivity contribution in [2.45, 2.75) is 13.0 Å². The van der Waals surface area contributed by atoms with Crippen LogP contribution < -0.4 is 5.32 Å². The van der Waals surface area contributed by atoms with E-state index in [2.05, 4.69) is 15.0 Å². The van der Waals surface area contributed by atoms with E-state index in [9.17, 15) is 9.18 Å². The van der Waals surface area contributed by atoms with E-state index in [1.54, 1.807) is 17.4 Å². The van der Waals surface area contributed by atoms with Gasteiger partial charge in [-0.3, -0.25) is 4.79 Å². The predicted molar refractivity (Wildman–Crippen MR) is 71.6 cm³/mol. The Morgan fingerprint density at radius 2 is 2.16 bits per heavy atom. The predicted octanol–water partition coefficient (Wildman–Crippen LogP) is 2.61. The lowest BCUT2D eigenvalue weighted by Crippen LogP contribution is -2.02. The third kappa shape index (κ3) is 4.03. The minimum Gasteiger partial charge on any atom is -0.469 e. The highest BCUT2D eigenvalue weighted by atomic mass is 32.1. The molecule has 2 heterocycles. The number of hydrogen-bond acceptors (Lipinski definition) is 5. The van der Waals surface area contributed by atoms with Gasteiger partial charge in [0.2, 0.25) is 5.95 Å². The first-order valence-corrected chi connectivity index (χ1v) is 6.49. The summed E-state index contributed by atoms with van der Waals surface area (Å²) in [5.41, 5.74) is 0.754. The molecule has 1 N–H and O–H groups in total. The van der Waals surface area contributed by atoms with Crippen LogP contribution in [-0.4, -0.2) is 18.1 Å². The molecule has 0 radical (unpaired) electrons. The zero-order valence-electron chi connectivity index (χ0n) is 10.4. The molecule has 0 saturated carbocycles. The molecule has 0 saturated heterocycles. The zero-order valence-corrected chi connectivity index (χ0v) is 11.2. The second-order valence-corrected chi connectivity index (χ2v) is 5.10. The third-order valence-corrected chi connectivity index (χ3v) is 3.54. The van der Waals surface area contributed by atoms with Crippen LogP contribution in [-0.2, 0) is 22.5 Å². The van der Waals surface area contributed by atoms with Crippen LogP contribution in [0, 0.1) is 5.95 Å². The molecule has 100 valence electrons. The average molecular weight is 280 g/mol. The van der Waals surface area contributed by atoms with Crippen LogP contribution in [0.4, 0.5) is 10.1 Å². The van der Waals surface area contributed by atoms with Gasteiger partial charge in [-0.05, 0) is 24.3 Å². The Labute approximate surface area is 114 Å². The van der Waals surface area contributed by atoms with Crippen LogP contribution >= 0.6 is 11.3 Å². The number of esters is 1. The van der Waals surface area contributed by atoms with E-state index in [0.29, 0.717) is 13.0 Å². The van der Waals surface area contributed by atoms with Gasteiger partial charge in [-0.15, -0.1) is 11.3 Å². The molecule has 0 aromatic carbocycles. The molecular formula is C13H13FN2O2S. The van der Waals surface area contributed by atoms with Gasteiger partial charge in [-0.25, -0.2) is 4.98 Å². The van der Waals surface area contributed by atoms with Crippen molar-refractivity contribution in [3.05, 3.63) is 46.2 Å². The quantitative estimate of drug-likeness (QED) is 0.675. The number of nitrogens with one attached hydrogen (secondary N) is 1. The number of pyridine rings is 1. The van der Waals surface area contributed by atoms with Gasteiger partial charge < -0.3 is 10.1 Å². The molecule has 0 aliphatic carbocycles. The van der Waals surface area contributed by atoms with Crippen molar-refractivity contribution in [3.63, 3.8) is 0 Å². The fraction of sp³-hybridized carbons (Fsp3) is 0.231. The number of anilines is 1. The monoisotopic (exact) mass is 280 g/mol. The molecule has 2 aromatic heterocycles. The summed E-state index contributed by atoms with van der Waals surface area (Å²) in [7, 11) is 1.37. The molecule has 2 rings (SSSR count). The van der Waals surface area contributed by atoms with Crippen molar-refractivity contribution in [1.82, 2.24) is 4.98 Å². The molecule has 0 spiro atoms. The van der Waals surface area contributed by atoms with Gasteiger partial charge in [0.1, 0.15) is 0 Å². The van der Waals surface area contributed by atoms with Crippen molar-refractivity contribution >= 4 is 23.0 Å². The maximum absolute atomic E-state index is 12.6. The van der Waals surface area contributed by atoms with Gasteiger partial charge >= 0.3 is 5.97 Å². The van der Waals surface area contributed by atoms with Gasteiger partial charge in [0.05, 0.1) is 25.4 Å². The number of carbonyl (C=O) groups is 1. The average Bonchev–Trinajstić information content (AvgIpc) is 2.85. The number of methoxy groups -OCH3 is 1. The SMILES string of the molecule is COC(=O)Cc1ccc(CNc2ccc(F)nc2)s1. The molecule has 19 heavy (non-hydrogen) atoms. The van der Waals surface area contributed by atoms with Crippen LogP contribution in [0.15, 0.2) is 30.5 Å². The Balaban J connectivity index is 1.89. The number of hydrogen-bond donors (Lipinski definition) is 1. The standard InChI is InChI=1S/C13H13FN2O2S/c1-18-13(17)6-10-3-4-11(19-10)8-15-9-2-5-12(14)16-7-9/h2-5,7,15H,6,8H2,1H3. The van der Waals surface area contributed by atoms with Gasteiger partial charge in [0.25, 0.3) is 0 Å². The summed E-state index contributed by atoms with van der Waals surface area (Å²) in [5.74, 6) is -0.744. The summed E-state index contributed by atoms with van der Waals surface area (Å²) in [5, 5.41) is 3.13. The molecule has 6 heteroatoms. The minimum absolute atomic E-state index is 0.246. The summed E-state index contributed by atoms with van der Waals surface area (Å²) in [6.07, 6.45) is 1.73. The van der Waals surface area contributed by atoms with Crippen molar-refractivity contribution in [1.29, 1.82) is 0 Å². The normalized spacial score (nSPS) is 10.2. The van der Waals surface area contributed by atoms with E-state index in [4.69, 9.17) is 0 Å². The lowest BCUT2D eigenvalue weighted by molar-refractivity contribution is -0.139. The largest absolute Gasteiger partial charge is 0.469 e. The van der Waals surface area contributed by atoms with Gasteiger partial charge in [-0.1, -0.05) is 0 Å². The first-order chi connectivity index (χ1) is 9.17. The van der Waals surface area contributed by atoms with Crippen LogP contribution in [0.3, 0.4) is 0 Å². The Hall–Kier alpha value is -1.95. The van der Waals surface area contributed by atoms with E-state index >= 15 is 0 Å². The van der Waals surface area contributed by atoms with Crippen LogP contribution in [0.1, 0.15) is 9.75 Å². The molecule has 0 aliphatic rings. The third-order valence-electron chi connectivity index (χ3n) is 2.46. The van der Waals surface area contributed by atoms with E-state index in [0.717, 1.165) is 15.4 Å². The number of aromatic nitrogens is 1. The molecule has 0 amide bonds. The first-order valence-electron chi connectivity index (χ1n) is 5.67. The topological polar surface area (TPSA) is 51.2 Å². The van der Waals surface area contributed by atoms with E-state index in [1.807, 2.05) is 12.1 Å². The van der Waals surface area contributed by atoms with E-state index < -0.39 is 5.95 Å². The first kappa shape index (κ1) is 13.5. The minimum atomic E-state index is -0.498. The second-order valence-electron chi connectivity index (χ2n) is 3.84. The highest BCUT2D eigenvalue weighted by Gasteiger charge is 2.06. The molecule has 0 bridgehead atoms.